The van der Waals surface area contributed by atoms with Crippen molar-refractivity contribution in [2.75, 3.05) is 34.8 Å². The smallest absolute Gasteiger partial charge is 0.463 e. The molecule has 2 aromatic carbocycles. The van der Waals surface area contributed by atoms with Crippen LogP contribution in [-0.4, -0.2) is 70.5 Å². The highest BCUT2D eigenvalue weighted by Crippen LogP contribution is 2.43. The lowest BCUT2D eigenvalue weighted by Crippen LogP contribution is -2.41. The highest BCUT2D eigenvalue weighted by atomic mass is 31.2. The minimum absolute atomic E-state index is 0.0960. The van der Waals surface area contributed by atoms with Crippen LogP contribution in [0.3, 0.4) is 0 Å². The average molecular weight is 574 g/mol. The van der Waals surface area contributed by atoms with Crippen LogP contribution in [0.15, 0.2) is 60.8 Å². The van der Waals surface area contributed by atoms with Crippen LogP contribution in [-0.2, 0) is 14.1 Å². The SMILES string of the molecule is CNC(=O)N(/C=C\C=O)C1CC(F)C(COP(Oc2ccc(OC)cc2)Oc2ccc(OC)cc2)O1.FCF. The first-order valence-corrected chi connectivity index (χ1v) is 12.6. The summed E-state index contributed by atoms with van der Waals surface area (Å²) >= 11 is 0. The van der Waals surface area contributed by atoms with Crippen LogP contribution in [0.5, 0.6) is 23.0 Å². The van der Waals surface area contributed by atoms with Gasteiger partial charge in [0, 0.05) is 19.7 Å². The largest absolute Gasteiger partial charge is 0.497 e. The van der Waals surface area contributed by atoms with Gasteiger partial charge in [0.15, 0.2) is 0 Å². The number of alkyl halides is 3. The molecule has 0 aliphatic carbocycles. The summed E-state index contributed by atoms with van der Waals surface area (Å²) in [6.45, 7) is -1.95. The van der Waals surface area contributed by atoms with Crippen LogP contribution in [0.1, 0.15) is 6.42 Å². The summed E-state index contributed by atoms with van der Waals surface area (Å²) in [5, 5.41) is 2.43. The van der Waals surface area contributed by atoms with Crippen molar-refractivity contribution in [3.8, 4) is 23.0 Å². The van der Waals surface area contributed by atoms with Crippen molar-refractivity contribution in [1.82, 2.24) is 10.2 Å². The van der Waals surface area contributed by atoms with Crippen LogP contribution in [0.2, 0.25) is 0 Å². The fourth-order valence-electron chi connectivity index (χ4n) is 3.21. The Kier molecular flexibility index (Phi) is 13.9. The van der Waals surface area contributed by atoms with Gasteiger partial charge in [0.25, 0.3) is 0 Å². The number of nitrogens with zero attached hydrogens (tertiary/aromatic N) is 1. The van der Waals surface area contributed by atoms with E-state index < -0.39 is 40.1 Å². The fraction of sp³-hybridized carbons (Fsp3) is 0.360. The van der Waals surface area contributed by atoms with Gasteiger partial charge in [0.2, 0.25) is 6.93 Å². The standard InChI is InChI=1S/C24H28FN2O8P.CH2F2/c1-26-24(29)27(13-4-14-28)23-15-21(25)22(33-23)16-32-36(34-19-9-5-17(30-2)6-10-19)35-20-11-7-18(31-3)8-12-20;2-1-3/h4-14,21-23H,15-16H2,1-3H3,(H,26,29);1H2/b13-4-;. The van der Waals surface area contributed by atoms with Gasteiger partial charge >= 0.3 is 14.6 Å². The summed E-state index contributed by atoms with van der Waals surface area (Å²) < 4.78 is 67.7. The normalized spacial score (nSPS) is 18.2. The molecule has 1 heterocycles. The van der Waals surface area contributed by atoms with Crippen molar-refractivity contribution in [3.05, 3.63) is 60.8 Å². The number of benzene rings is 2. The van der Waals surface area contributed by atoms with Gasteiger partial charge in [-0.25, -0.2) is 18.0 Å². The van der Waals surface area contributed by atoms with Gasteiger partial charge in [-0.05, 0) is 54.6 Å². The third-order valence-corrected chi connectivity index (χ3v) is 6.15. The molecule has 3 rings (SSSR count). The highest BCUT2D eigenvalue weighted by molar-refractivity contribution is 7.42. The van der Waals surface area contributed by atoms with E-state index in [1.54, 1.807) is 62.8 Å². The number of nitrogens with one attached hydrogen (secondary N) is 1. The van der Waals surface area contributed by atoms with Crippen molar-refractivity contribution < 1.29 is 50.5 Å². The van der Waals surface area contributed by atoms with E-state index in [2.05, 4.69) is 5.32 Å². The second kappa shape index (κ2) is 17.1. The summed E-state index contributed by atoms with van der Waals surface area (Å²) in [4.78, 5) is 24.0. The minimum atomic E-state index is -2.01. The van der Waals surface area contributed by atoms with E-state index in [4.69, 9.17) is 27.8 Å². The first kappa shape index (κ1) is 31.7. The molecule has 2 aromatic rings. The van der Waals surface area contributed by atoms with E-state index in [0.29, 0.717) is 29.3 Å². The molecule has 1 fully saturated rings. The third-order valence-electron chi connectivity index (χ3n) is 5.07. The lowest BCUT2D eigenvalue weighted by molar-refractivity contribution is -0.104. The second-order valence-electron chi connectivity index (χ2n) is 7.47. The quantitative estimate of drug-likeness (QED) is 0.212. The topological polar surface area (TPSA) is 105 Å². The number of allylic oxidation sites excluding steroid dienone is 1. The maximum Gasteiger partial charge on any atom is 0.463 e. The van der Waals surface area contributed by atoms with E-state index in [1.807, 2.05) is 0 Å². The first-order valence-electron chi connectivity index (χ1n) is 11.5. The predicted octanol–water partition coefficient (Wildman–Crippen LogP) is 5.10. The number of carbonyl (C=O) groups is 2. The molecule has 10 nitrogen and oxygen atoms in total. The molecule has 214 valence electrons. The lowest BCUT2D eigenvalue weighted by Gasteiger charge is -2.25. The first-order chi connectivity index (χ1) is 18.9. The summed E-state index contributed by atoms with van der Waals surface area (Å²) in [5.41, 5.74) is 0. The number of rotatable bonds is 12. The molecule has 39 heavy (non-hydrogen) atoms. The van der Waals surface area contributed by atoms with Gasteiger partial charge in [0.1, 0.15) is 47.8 Å². The molecule has 1 saturated heterocycles. The Morgan fingerprint density at radius 2 is 1.51 bits per heavy atom. The number of carbonyl (C=O) groups excluding carboxylic acids is 2. The Hall–Kier alpha value is -3.54. The molecule has 0 spiro atoms. The average Bonchev–Trinajstić information content (AvgIpc) is 3.32. The molecule has 3 unspecified atom stereocenters. The molecule has 0 bridgehead atoms. The van der Waals surface area contributed by atoms with Crippen molar-refractivity contribution >= 4 is 20.9 Å². The molecule has 0 saturated carbocycles. The van der Waals surface area contributed by atoms with Crippen LogP contribution in [0.4, 0.5) is 18.0 Å². The monoisotopic (exact) mass is 574 g/mol. The zero-order valence-corrected chi connectivity index (χ0v) is 22.4. The number of urea groups is 1. The Bertz CT molecular complexity index is 983. The van der Waals surface area contributed by atoms with Gasteiger partial charge in [-0.15, -0.1) is 0 Å². The summed E-state index contributed by atoms with van der Waals surface area (Å²) in [5.74, 6) is 2.22. The lowest BCUT2D eigenvalue weighted by atomic mass is 10.2. The second-order valence-corrected chi connectivity index (χ2v) is 8.55. The number of amides is 2. The van der Waals surface area contributed by atoms with Crippen LogP contribution >= 0.6 is 8.60 Å². The number of ether oxygens (including phenoxy) is 3. The van der Waals surface area contributed by atoms with Crippen molar-refractivity contribution in [1.29, 1.82) is 0 Å². The molecule has 14 heteroatoms. The maximum atomic E-state index is 14.8. The van der Waals surface area contributed by atoms with E-state index in [0.717, 1.165) is 11.0 Å². The van der Waals surface area contributed by atoms with E-state index in [1.165, 1.54) is 13.2 Å². The zero-order valence-electron chi connectivity index (χ0n) is 21.5. The van der Waals surface area contributed by atoms with Gasteiger partial charge in [-0.2, -0.15) is 0 Å². The zero-order chi connectivity index (χ0) is 28.6. The molecule has 1 aliphatic heterocycles. The van der Waals surface area contributed by atoms with Crippen molar-refractivity contribution in [2.45, 2.75) is 24.9 Å². The summed E-state index contributed by atoms with van der Waals surface area (Å²) in [6.07, 6.45) is -0.554. The van der Waals surface area contributed by atoms with E-state index >= 15 is 0 Å². The summed E-state index contributed by atoms with van der Waals surface area (Å²) in [7, 11) is 2.52. The molecular formula is C25H30F3N2O8P. The number of hydrogen-bond acceptors (Lipinski definition) is 8. The molecule has 1 aliphatic rings. The highest BCUT2D eigenvalue weighted by Gasteiger charge is 2.40. The van der Waals surface area contributed by atoms with Crippen LogP contribution in [0, 0.1) is 0 Å². The summed E-state index contributed by atoms with van der Waals surface area (Å²) in [6, 6.07) is 13.1. The van der Waals surface area contributed by atoms with Gasteiger partial charge in [-0.1, -0.05) is 0 Å². The molecule has 1 N–H and O–H groups in total. The molecule has 2 amide bonds. The minimum Gasteiger partial charge on any atom is -0.497 e. The third kappa shape index (κ3) is 10.3. The van der Waals surface area contributed by atoms with Gasteiger partial charge in [-0.3, -0.25) is 14.2 Å². The van der Waals surface area contributed by atoms with E-state index in [9.17, 15) is 22.8 Å². The van der Waals surface area contributed by atoms with E-state index in [-0.39, 0.29) is 13.0 Å². The number of aldehydes is 1. The predicted molar refractivity (Wildman–Crippen MR) is 137 cm³/mol. The molecule has 0 aromatic heterocycles. The molecule has 0 radical (unpaired) electrons. The van der Waals surface area contributed by atoms with Crippen molar-refractivity contribution in [3.63, 3.8) is 0 Å². The maximum absolute atomic E-state index is 14.8. The Morgan fingerprint density at radius 3 is 1.95 bits per heavy atom. The van der Waals surface area contributed by atoms with Crippen LogP contribution in [0.25, 0.3) is 0 Å². The van der Waals surface area contributed by atoms with Gasteiger partial charge < -0.3 is 28.6 Å². The Morgan fingerprint density at radius 1 is 1.03 bits per heavy atom. The Balaban J connectivity index is 0.00000170. The number of halogens is 3. The Labute approximate surface area is 225 Å². The number of methoxy groups -OCH3 is 2. The fourth-order valence-corrected chi connectivity index (χ4v) is 4.21. The molecular weight excluding hydrogens is 544 g/mol. The molecule has 3 atom stereocenters. The van der Waals surface area contributed by atoms with Crippen LogP contribution < -0.4 is 23.8 Å². The van der Waals surface area contributed by atoms with Gasteiger partial charge in [0.05, 0.1) is 20.8 Å². The van der Waals surface area contributed by atoms with Crippen molar-refractivity contribution in [2.24, 2.45) is 0 Å². The number of hydrogen-bond donors (Lipinski definition) is 1.